The maximum Gasteiger partial charge on any atom is 0.137 e. The normalized spacial score (nSPS) is 10.5. The van der Waals surface area contributed by atoms with E-state index < -0.39 is 0 Å². The van der Waals surface area contributed by atoms with Crippen LogP contribution in [0.5, 0.6) is 0 Å². The summed E-state index contributed by atoms with van der Waals surface area (Å²) < 4.78 is 0. The first-order valence-corrected chi connectivity index (χ1v) is 7.43. The Morgan fingerprint density at radius 3 is 2.05 bits per heavy atom. The zero-order chi connectivity index (χ0) is 14.4. The largest absolute Gasteiger partial charge is 0.299 e. The molecule has 2 rings (SSSR count). The molecular weight excluding hydrogens is 268 g/mol. The minimum atomic E-state index is 0.325. The van der Waals surface area contributed by atoms with Gasteiger partial charge in [-0.15, -0.1) is 0 Å². The number of benzene rings is 2. The molecule has 2 heteroatoms. The molecule has 2 aromatic carbocycles. The number of hydrogen-bond acceptors (Lipinski definition) is 1. The number of ketones is 1. The van der Waals surface area contributed by atoms with Crippen LogP contribution in [-0.2, 0) is 11.2 Å². The SMILES string of the molecule is CCCCC(=O)Cc1ccc(-c2ccc(Cl)cc2)cc1. The van der Waals surface area contributed by atoms with Crippen molar-refractivity contribution in [3.63, 3.8) is 0 Å². The Bertz CT molecular complexity index is 555. The number of rotatable bonds is 6. The molecule has 0 heterocycles. The molecule has 0 bridgehead atoms. The highest BCUT2D eigenvalue weighted by atomic mass is 35.5. The van der Waals surface area contributed by atoms with Crippen LogP contribution in [0.25, 0.3) is 11.1 Å². The van der Waals surface area contributed by atoms with E-state index in [-0.39, 0.29) is 0 Å². The van der Waals surface area contributed by atoms with Crippen molar-refractivity contribution >= 4 is 17.4 Å². The third-order valence-electron chi connectivity index (χ3n) is 3.34. The van der Waals surface area contributed by atoms with Crippen LogP contribution in [0.4, 0.5) is 0 Å². The lowest BCUT2D eigenvalue weighted by molar-refractivity contribution is -0.118. The fourth-order valence-corrected chi connectivity index (χ4v) is 2.27. The third kappa shape index (κ3) is 4.21. The smallest absolute Gasteiger partial charge is 0.137 e. The molecule has 0 aliphatic rings. The van der Waals surface area contributed by atoms with Crippen molar-refractivity contribution in [2.24, 2.45) is 0 Å². The summed E-state index contributed by atoms with van der Waals surface area (Å²) in [6, 6.07) is 16.0. The summed E-state index contributed by atoms with van der Waals surface area (Å²) >= 11 is 5.89. The van der Waals surface area contributed by atoms with Gasteiger partial charge in [-0.2, -0.15) is 0 Å². The monoisotopic (exact) mass is 286 g/mol. The van der Waals surface area contributed by atoms with E-state index in [0.717, 1.165) is 34.6 Å². The molecule has 104 valence electrons. The molecule has 0 saturated heterocycles. The predicted molar refractivity (Wildman–Crippen MR) is 85.1 cm³/mol. The lowest BCUT2D eigenvalue weighted by atomic mass is 10.0. The topological polar surface area (TPSA) is 17.1 Å². The van der Waals surface area contributed by atoms with Crippen LogP contribution in [-0.4, -0.2) is 5.78 Å². The van der Waals surface area contributed by atoms with Gasteiger partial charge in [-0.3, -0.25) is 4.79 Å². The number of Topliss-reactive ketones (excluding diaryl/α,β-unsaturated/α-hetero) is 1. The highest BCUT2D eigenvalue weighted by molar-refractivity contribution is 6.30. The molecule has 0 fully saturated rings. The lowest BCUT2D eigenvalue weighted by Gasteiger charge is -2.05. The predicted octanol–water partition coefficient (Wildman–Crippen LogP) is 5.31. The fraction of sp³-hybridized carbons (Fsp3) is 0.278. The van der Waals surface area contributed by atoms with Crippen molar-refractivity contribution < 1.29 is 4.79 Å². The first-order valence-electron chi connectivity index (χ1n) is 7.05. The molecule has 0 N–H and O–H groups in total. The van der Waals surface area contributed by atoms with Gasteiger partial charge >= 0.3 is 0 Å². The quantitative estimate of drug-likeness (QED) is 0.703. The van der Waals surface area contributed by atoms with Gasteiger partial charge in [0.05, 0.1) is 0 Å². The number of hydrogen-bond donors (Lipinski definition) is 0. The molecule has 0 unspecified atom stereocenters. The Hall–Kier alpha value is -1.60. The summed E-state index contributed by atoms with van der Waals surface area (Å²) in [6.45, 7) is 2.11. The molecule has 0 aliphatic carbocycles. The molecule has 0 atom stereocenters. The van der Waals surface area contributed by atoms with Crippen molar-refractivity contribution in [1.29, 1.82) is 0 Å². The number of carbonyl (C=O) groups is 1. The van der Waals surface area contributed by atoms with Gasteiger partial charge in [0.2, 0.25) is 0 Å². The van der Waals surface area contributed by atoms with Crippen molar-refractivity contribution in [3.8, 4) is 11.1 Å². The van der Waals surface area contributed by atoms with E-state index in [1.807, 2.05) is 36.4 Å². The van der Waals surface area contributed by atoms with Crippen LogP contribution >= 0.6 is 11.6 Å². The maximum atomic E-state index is 11.7. The van der Waals surface area contributed by atoms with E-state index in [4.69, 9.17) is 11.6 Å². The van der Waals surface area contributed by atoms with Gasteiger partial charge < -0.3 is 0 Å². The zero-order valence-electron chi connectivity index (χ0n) is 11.7. The number of unbranched alkanes of at least 4 members (excludes halogenated alkanes) is 1. The van der Waals surface area contributed by atoms with E-state index in [9.17, 15) is 4.79 Å². The Labute approximate surface area is 125 Å². The van der Waals surface area contributed by atoms with Gasteiger partial charge in [-0.1, -0.05) is 61.3 Å². The van der Waals surface area contributed by atoms with E-state index in [2.05, 4.69) is 19.1 Å². The van der Waals surface area contributed by atoms with Crippen LogP contribution in [0, 0.1) is 0 Å². The summed E-state index contributed by atoms with van der Waals surface area (Å²) in [5, 5.41) is 0.742. The van der Waals surface area contributed by atoms with Crippen LogP contribution in [0.2, 0.25) is 5.02 Å². The minimum absolute atomic E-state index is 0.325. The van der Waals surface area contributed by atoms with Crippen LogP contribution in [0.1, 0.15) is 31.7 Å². The van der Waals surface area contributed by atoms with E-state index in [1.54, 1.807) is 0 Å². The molecule has 2 aromatic rings. The molecule has 0 radical (unpaired) electrons. The highest BCUT2D eigenvalue weighted by Gasteiger charge is 2.04. The van der Waals surface area contributed by atoms with Gasteiger partial charge in [-0.05, 0) is 35.2 Å². The van der Waals surface area contributed by atoms with Gasteiger partial charge in [0.25, 0.3) is 0 Å². The minimum Gasteiger partial charge on any atom is -0.299 e. The number of halogens is 1. The Balaban J connectivity index is 2.02. The standard InChI is InChI=1S/C18H19ClO/c1-2-3-4-18(20)13-14-5-7-15(8-6-14)16-9-11-17(19)12-10-16/h5-12H,2-4,13H2,1H3. The maximum absolute atomic E-state index is 11.7. The lowest BCUT2D eigenvalue weighted by Crippen LogP contribution is -2.02. The second-order valence-electron chi connectivity index (χ2n) is 5.02. The first kappa shape index (κ1) is 14.8. The van der Waals surface area contributed by atoms with Gasteiger partial charge in [0.15, 0.2) is 0 Å². The average Bonchev–Trinajstić information content (AvgIpc) is 2.47. The van der Waals surface area contributed by atoms with Crippen molar-refractivity contribution in [2.45, 2.75) is 32.6 Å². The summed E-state index contributed by atoms with van der Waals surface area (Å²) in [5.74, 6) is 0.325. The van der Waals surface area contributed by atoms with Gasteiger partial charge in [0.1, 0.15) is 5.78 Å². The Morgan fingerprint density at radius 2 is 1.50 bits per heavy atom. The highest BCUT2D eigenvalue weighted by Crippen LogP contribution is 2.22. The van der Waals surface area contributed by atoms with E-state index >= 15 is 0 Å². The van der Waals surface area contributed by atoms with Crippen molar-refractivity contribution in [1.82, 2.24) is 0 Å². The number of carbonyl (C=O) groups excluding carboxylic acids is 1. The van der Waals surface area contributed by atoms with Crippen LogP contribution in [0.15, 0.2) is 48.5 Å². The van der Waals surface area contributed by atoms with E-state index in [1.165, 1.54) is 0 Å². The van der Waals surface area contributed by atoms with Crippen LogP contribution in [0.3, 0.4) is 0 Å². The Kier molecular flexibility index (Phi) is 5.37. The summed E-state index contributed by atoms with van der Waals surface area (Å²) in [4.78, 5) is 11.7. The second-order valence-corrected chi connectivity index (χ2v) is 5.46. The fourth-order valence-electron chi connectivity index (χ4n) is 2.15. The van der Waals surface area contributed by atoms with E-state index in [0.29, 0.717) is 18.6 Å². The van der Waals surface area contributed by atoms with Crippen LogP contribution < -0.4 is 0 Å². The molecule has 0 amide bonds. The Morgan fingerprint density at radius 1 is 0.950 bits per heavy atom. The summed E-state index contributed by atoms with van der Waals surface area (Å²) in [7, 11) is 0. The zero-order valence-corrected chi connectivity index (χ0v) is 12.5. The molecule has 0 spiro atoms. The summed E-state index contributed by atoms with van der Waals surface area (Å²) in [5.41, 5.74) is 3.37. The molecule has 1 nitrogen and oxygen atoms in total. The van der Waals surface area contributed by atoms with Crippen molar-refractivity contribution in [2.75, 3.05) is 0 Å². The molecule has 0 aliphatic heterocycles. The summed E-state index contributed by atoms with van der Waals surface area (Å²) in [6.07, 6.45) is 3.29. The first-order chi connectivity index (χ1) is 9.69. The van der Waals surface area contributed by atoms with Gasteiger partial charge in [0, 0.05) is 17.9 Å². The molecule has 0 saturated carbocycles. The second kappa shape index (κ2) is 7.25. The average molecular weight is 287 g/mol. The van der Waals surface area contributed by atoms with Crippen molar-refractivity contribution in [3.05, 3.63) is 59.1 Å². The van der Waals surface area contributed by atoms with Gasteiger partial charge in [-0.25, -0.2) is 0 Å². The third-order valence-corrected chi connectivity index (χ3v) is 3.59. The molecular formula is C18H19ClO. The molecule has 20 heavy (non-hydrogen) atoms. The molecule has 0 aromatic heterocycles.